The average molecular weight is 470 g/mol. The van der Waals surface area contributed by atoms with Crippen LogP contribution < -0.4 is 10.5 Å². The van der Waals surface area contributed by atoms with E-state index in [1.165, 1.54) is 12.3 Å². The number of hydrogen-bond donors (Lipinski definition) is 2. The van der Waals surface area contributed by atoms with E-state index in [-0.39, 0.29) is 29.5 Å². The van der Waals surface area contributed by atoms with E-state index in [2.05, 4.69) is 14.9 Å². The molecule has 0 aliphatic carbocycles. The molecule has 33 heavy (non-hydrogen) atoms. The van der Waals surface area contributed by atoms with Gasteiger partial charge in [0, 0.05) is 35.7 Å². The molecule has 0 spiro atoms. The van der Waals surface area contributed by atoms with Crippen LogP contribution in [-0.4, -0.2) is 38.5 Å². The molecule has 1 aromatic heterocycles. The lowest BCUT2D eigenvalue weighted by Gasteiger charge is -2.25. The molecule has 0 saturated heterocycles. The lowest BCUT2D eigenvalue weighted by molar-refractivity contribution is 0.187. The number of aromatic nitrogens is 2. The van der Waals surface area contributed by atoms with Crippen LogP contribution in [0.5, 0.6) is 5.88 Å². The maximum Gasteiger partial charge on any atom is 0.258 e. The topological polar surface area (TPSA) is 105 Å². The highest BCUT2D eigenvalue weighted by atomic mass is 32.2. The summed E-state index contributed by atoms with van der Waals surface area (Å²) in [5.74, 6) is -0.0760. The van der Waals surface area contributed by atoms with Gasteiger partial charge in [0.15, 0.2) is 5.82 Å². The molecule has 1 aliphatic heterocycles. The summed E-state index contributed by atoms with van der Waals surface area (Å²) >= 11 is 0. The summed E-state index contributed by atoms with van der Waals surface area (Å²) in [6, 6.07) is 10.2. The van der Waals surface area contributed by atoms with E-state index < -0.39 is 9.73 Å². The molecule has 0 fully saturated rings. The number of fused-ring (bicyclic) bond motifs is 5. The number of rotatable bonds is 1. The van der Waals surface area contributed by atoms with Crippen LogP contribution in [0.15, 0.2) is 47.5 Å². The Morgan fingerprint density at radius 3 is 2.61 bits per heavy atom. The number of halogens is 1. The van der Waals surface area contributed by atoms with Gasteiger partial charge < -0.3 is 10.5 Å². The summed E-state index contributed by atoms with van der Waals surface area (Å²) < 4.78 is 40.7. The van der Waals surface area contributed by atoms with E-state index in [0.717, 1.165) is 22.3 Å². The molecule has 3 aromatic rings. The standard InChI is InChI=1S/C24H28FN5O2S/c1-14-15(2)32-24-23(26)28-11-22(29-24)21-10-19(33(4,27)31)8-6-17(21)13-30(3)12-16-5-7-18(25)9-20(14)16/h5-11,14-15,27H,12-13H2,1-4H3,(H2,26,28)/t14-,15-,33?/m0/s1. The fraction of sp³-hybridized carbons (Fsp3) is 0.333. The molecular weight excluding hydrogens is 441 g/mol. The van der Waals surface area contributed by atoms with Crippen LogP contribution in [0.1, 0.15) is 36.5 Å². The van der Waals surface area contributed by atoms with Gasteiger partial charge in [-0.2, -0.15) is 0 Å². The average Bonchev–Trinajstić information content (AvgIpc) is 2.75. The summed E-state index contributed by atoms with van der Waals surface area (Å²) in [6.45, 7) is 5.04. The quantitative estimate of drug-likeness (QED) is 0.547. The van der Waals surface area contributed by atoms with E-state index in [9.17, 15) is 8.60 Å². The minimum Gasteiger partial charge on any atom is -0.471 e. The Bertz CT molecular complexity index is 1310. The smallest absolute Gasteiger partial charge is 0.258 e. The van der Waals surface area contributed by atoms with Gasteiger partial charge in [-0.05, 0) is 54.9 Å². The highest BCUT2D eigenvalue weighted by Crippen LogP contribution is 2.33. The van der Waals surface area contributed by atoms with Crippen LogP contribution in [0, 0.1) is 10.6 Å². The van der Waals surface area contributed by atoms with Gasteiger partial charge in [-0.25, -0.2) is 23.3 Å². The van der Waals surface area contributed by atoms with Gasteiger partial charge in [-0.3, -0.25) is 4.90 Å². The number of anilines is 1. The van der Waals surface area contributed by atoms with Crippen molar-refractivity contribution in [3.63, 3.8) is 0 Å². The molecule has 3 atom stereocenters. The number of hydrogen-bond acceptors (Lipinski definition) is 7. The Hall–Kier alpha value is -3.04. The van der Waals surface area contributed by atoms with Crippen molar-refractivity contribution in [1.29, 1.82) is 4.78 Å². The summed E-state index contributed by atoms with van der Waals surface area (Å²) in [4.78, 5) is 11.4. The number of nitrogens with zero attached hydrogens (tertiary/aromatic N) is 3. The van der Waals surface area contributed by atoms with Crippen LogP contribution >= 0.6 is 0 Å². The van der Waals surface area contributed by atoms with Gasteiger partial charge in [0.1, 0.15) is 11.9 Å². The maximum absolute atomic E-state index is 14.2. The molecule has 174 valence electrons. The third kappa shape index (κ3) is 4.84. The van der Waals surface area contributed by atoms with Crippen LogP contribution in [0.4, 0.5) is 10.2 Å². The Balaban J connectivity index is 1.91. The third-order valence-corrected chi connectivity index (χ3v) is 7.21. The van der Waals surface area contributed by atoms with Crippen molar-refractivity contribution in [3.05, 3.63) is 65.1 Å². The second kappa shape index (κ2) is 8.72. The van der Waals surface area contributed by atoms with E-state index in [1.54, 1.807) is 24.4 Å². The monoisotopic (exact) mass is 469 g/mol. The largest absolute Gasteiger partial charge is 0.471 e. The summed E-state index contributed by atoms with van der Waals surface area (Å²) in [5.41, 5.74) is 10.1. The number of benzene rings is 2. The predicted octanol–water partition coefficient (Wildman–Crippen LogP) is 4.42. The van der Waals surface area contributed by atoms with E-state index in [0.29, 0.717) is 23.7 Å². The second-order valence-corrected chi connectivity index (χ2v) is 10.9. The SMILES string of the molecule is C[C@@H]1Oc2nc(cnc2N)-c2cc(S(C)(=N)=O)ccc2CN(C)Cc2ccc(F)cc2[C@H]1C. The first-order valence-corrected chi connectivity index (χ1v) is 12.6. The fourth-order valence-electron chi connectivity index (χ4n) is 4.07. The normalized spacial score (nSPS) is 20.8. The molecule has 4 rings (SSSR count). The zero-order chi connectivity index (χ0) is 23.9. The van der Waals surface area contributed by atoms with Crippen LogP contribution in [0.2, 0.25) is 0 Å². The van der Waals surface area contributed by atoms with Gasteiger partial charge >= 0.3 is 0 Å². The van der Waals surface area contributed by atoms with Crippen LogP contribution in [0.3, 0.4) is 0 Å². The van der Waals surface area contributed by atoms with Crippen LogP contribution in [0.25, 0.3) is 11.3 Å². The van der Waals surface area contributed by atoms with E-state index >= 15 is 0 Å². The fourth-order valence-corrected chi connectivity index (χ4v) is 4.74. The van der Waals surface area contributed by atoms with Gasteiger partial charge in [0.25, 0.3) is 5.88 Å². The second-order valence-electron chi connectivity index (χ2n) is 8.74. The van der Waals surface area contributed by atoms with Gasteiger partial charge in [-0.15, -0.1) is 0 Å². The first kappa shape index (κ1) is 23.1. The minimum atomic E-state index is -2.92. The molecule has 0 amide bonds. The molecule has 2 heterocycles. The molecule has 9 heteroatoms. The third-order valence-electron chi connectivity index (χ3n) is 6.05. The van der Waals surface area contributed by atoms with Crippen molar-refractivity contribution in [2.75, 3.05) is 19.0 Å². The van der Waals surface area contributed by atoms with Crippen molar-refractivity contribution in [1.82, 2.24) is 14.9 Å². The summed E-state index contributed by atoms with van der Waals surface area (Å²) in [5, 5.41) is 0. The van der Waals surface area contributed by atoms with Crippen molar-refractivity contribution in [2.24, 2.45) is 0 Å². The van der Waals surface area contributed by atoms with Gasteiger partial charge in [-0.1, -0.05) is 19.1 Å². The first-order chi connectivity index (χ1) is 15.5. The predicted molar refractivity (Wildman–Crippen MR) is 127 cm³/mol. The summed E-state index contributed by atoms with van der Waals surface area (Å²) in [7, 11) is -0.932. The first-order valence-electron chi connectivity index (χ1n) is 10.7. The number of nitrogen functional groups attached to an aromatic ring is 1. The molecule has 0 radical (unpaired) electrons. The van der Waals surface area contributed by atoms with Crippen molar-refractivity contribution < 1.29 is 13.3 Å². The molecule has 0 saturated carbocycles. The Morgan fingerprint density at radius 1 is 1.18 bits per heavy atom. The Morgan fingerprint density at radius 2 is 1.88 bits per heavy atom. The molecule has 1 aliphatic rings. The lowest BCUT2D eigenvalue weighted by Crippen LogP contribution is -2.24. The van der Waals surface area contributed by atoms with Crippen molar-refractivity contribution >= 4 is 15.5 Å². The number of nitrogens with one attached hydrogen (secondary N) is 1. The summed E-state index contributed by atoms with van der Waals surface area (Å²) in [6.07, 6.45) is 2.60. The molecule has 1 unspecified atom stereocenters. The van der Waals surface area contributed by atoms with Gasteiger partial charge in [0.05, 0.1) is 21.6 Å². The Labute approximate surface area is 193 Å². The van der Waals surface area contributed by atoms with E-state index in [4.69, 9.17) is 15.3 Å². The number of nitrogens with two attached hydrogens (primary N) is 1. The van der Waals surface area contributed by atoms with Gasteiger partial charge in [0.2, 0.25) is 0 Å². The van der Waals surface area contributed by atoms with Crippen molar-refractivity contribution in [2.45, 2.75) is 43.9 Å². The van der Waals surface area contributed by atoms with Crippen molar-refractivity contribution in [3.8, 4) is 17.1 Å². The minimum absolute atomic E-state index is 0.128. The highest BCUT2D eigenvalue weighted by Gasteiger charge is 2.24. The zero-order valence-corrected chi connectivity index (χ0v) is 19.9. The van der Waals surface area contributed by atoms with E-state index in [1.807, 2.05) is 33.0 Å². The van der Waals surface area contributed by atoms with Crippen LogP contribution in [-0.2, 0) is 22.8 Å². The number of ether oxygens (including phenoxy) is 1. The molecule has 2 aromatic carbocycles. The zero-order valence-electron chi connectivity index (χ0n) is 19.1. The molecular formula is C24H28FN5O2S. The maximum atomic E-state index is 14.2. The highest BCUT2D eigenvalue weighted by molar-refractivity contribution is 7.91. The molecule has 2 bridgehead atoms. The Kier molecular flexibility index (Phi) is 6.11. The molecule has 7 nitrogen and oxygen atoms in total. The lowest BCUT2D eigenvalue weighted by atomic mass is 9.91. The molecule has 3 N–H and O–H groups in total.